The van der Waals surface area contributed by atoms with Crippen molar-refractivity contribution in [2.75, 3.05) is 5.73 Å². The highest BCUT2D eigenvalue weighted by Gasteiger charge is 2.34. The normalized spacial score (nSPS) is 16.5. The summed E-state index contributed by atoms with van der Waals surface area (Å²) < 4.78 is 2.07. The van der Waals surface area contributed by atoms with E-state index in [4.69, 9.17) is 11.5 Å². The summed E-state index contributed by atoms with van der Waals surface area (Å²) >= 11 is 0. The number of aromatic nitrogens is 3. The van der Waals surface area contributed by atoms with Crippen LogP contribution in [0.25, 0.3) is 29.7 Å². The van der Waals surface area contributed by atoms with Crippen LogP contribution in [0.15, 0.2) is 42.6 Å². The fourth-order valence-corrected chi connectivity index (χ4v) is 3.61. The Kier molecular flexibility index (Phi) is 3.89. The van der Waals surface area contributed by atoms with Crippen LogP contribution in [0.1, 0.15) is 31.7 Å². The Morgan fingerprint density at radius 3 is 2.50 bits per heavy atom. The first kappa shape index (κ1) is 16.5. The average molecular weight is 345 g/mol. The van der Waals surface area contributed by atoms with Gasteiger partial charge in [0.1, 0.15) is 11.6 Å². The number of nitrogens with two attached hydrogens (primary N) is 2. The summed E-state index contributed by atoms with van der Waals surface area (Å²) in [6, 6.07) is 12.2. The first-order valence-electron chi connectivity index (χ1n) is 8.88. The largest absolute Gasteiger partial charge is 0.383 e. The lowest BCUT2D eigenvalue weighted by atomic mass is 9.73. The summed E-state index contributed by atoms with van der Waals surface area (Å²) in [5, 5.41) is 1.66. The summed E-state index contributed by atoms with van der Waals surface area (Å²) in [6.07, 6.45) is 6.98. The van der Waals surface area contributed by atoms with Crippen LogP contribution in [0.5, 0.6) is 0 Å². The number of rotatable bonds is 3. The standard InChI is InChI=1S/C21H23N5/c1-3-18-14(2)25-20(17-6-4-13-24-19(17)22)26(18)16-9-7-15(8-10-16)21(23)11-5-12-21/h3-4,6-10,13H,2,5,11-12,23H2,1H3,(H2,22,24). The van der Waals surface area contributed by atoms with Crippen LogP contribution >= 0.6 is 0 Å². The van der Waals surface area contributed by atoms with Crippen LogP contribution in [0.3, 0.4) is 0 Å². The number of nitrogen functional groups attached to an aromatic ring is 1. The molecule has 1 fully saturated rings. The lowest BCUT2D eigenvalue weighted by Crippen LogP contribution is -2.43. The highest BCUT2D eigenvalue weighted by atomic mass is 15.1. The van der Waals surface area contributed by atoms with Crippen molar-refractivity contribution in [3.63, 3.8) is 0 Å². The second-order valence-electron chi connectivity index (χ2n) is 6.88. The molecule has 0 unspecified atom stereocenters. The van der Waals surface area contributed by atoms with Crippen molar-refractivity contribution in [2.45, 2.75) is 31.7 Å². The molecule has 1 aromatic carbocycles. The van der Waals surface area contributed by atoms with E-state index in [1.807, 2.05) is 25.1 Å². The average Bonchev–Trinajstić information content (AvgIpc) is 2.96. The maximum absolute atomic E-state index is 6.45. The molecule has 0 spiro atoms. The molecule has 0 aliphatic heterocycles. The van der Waals surface area contributed by atoms with Crippen molar-refractivity contribution in [1.29, 1.82) is 0 Å². The molecule has 2 heterocycles. The fourth-order valence-electron chi connectivity index (χ4n) is 3.61. The molecule has 132 valence electrons. The molecule has 0 radical (unpaired) electrons. The van der Waals surface area contributed by atoms with Crippen LogP contribution in [-0.2, 0) is 5.54 Å². The number of benzene rings is 1. The zero-order valence-corrected chi connectivity index (χ0v) is 14.9. The highest BCUT2D eigenvalue weighted by Crippen LogP contribution is 2.38. The zero-order valence-electron chi connectivity index (χ0n) is 14.9. The number of nitrogens with zero attached hydrogens (tertiary/aromatic N) is 3. The minimum atomic E-state index is -0.165. The Hall–Kier alpha value is -2.92. The van der Waals surface area contributed by atoms with Gasteiger partial charge in [0.25, 0.3) is 0 Å². The lowest BCUT2D eigenvalue weighted by Gasteiger charge is -2.38. The molecule has 0 atom stereocenters. The van der Waals surface area contributed by atoms with Gasteiger partial charge in [-0.3, -0.25) is 4.57 Å². The van der Waals surface area contributed by atoms with E-state index in [1.165, 1.54) is 12.0 Å². The van der Waals surface area contributed by atoms with E-state index in [0.717, 1.165) is 35.3 Å². The molecule has 0 bridgehead atoms. The molecule has 4 N–H and O–H groups in total. The van der Waals surface area contributed by atoms with E-state index in [2.05, 4.69) is 45.4 Å². The van der Waals surface area contributed by atoms with Gasteiger partial charge in [0.15, 0.2) is 0 Å². The van der Waals surface area contributed by atoms with Crippen molar-refractivity contribution < 1.29 is 0 Å². The second-order valence-corrected chi connectivity index (χ2v) is 6.88. The van der Waals surface area contributed by atoms with E-state index in [1.54, 1.807) is 6.20 Å². The third-order valence-electron chi connectivity index (χ3n) is 5.29. The van der Waals surface area contributed by atoms with Crippen LogP contribution in [0, 0.1) is 0 Å². The smallest absolute Gasteiger partial charge is 0.149 e. The summed E-state index contributed by atoms with van der Waals surface area (Å²) in [6.45, 7) is 6.07. The molecule has 26 heavy (non-hydrogen) atoms. The molecule has 1 aliphatic carbocycles. The predicted molar refractivity (Wildman–Crippen MR) is 106 cm³/mol. The van der Waals surface area contributed by atoms with E-state index < -0.39 is 0 Å². The van der Waals surface area contributed by atoms with Gasteiger partial charge in [-0.05, 0) is 56.0 Å². The quantitative estimate of drug-likeness (QED) is 0.761. The molecule has 0 amide bonds. The minimum Gasteiger partial charge on any atom is -0.383 e. The molecule has 0 saturated heterocycles. The summed E-state index contributed by atoms with van der Waals surface area (Å²) in [5.41, 5.74) is 15.4. The predicted octanol–water partition coefficient (Wildman–Crippen LogP) is 2.07. The Morgan fingerprint density at radius 2 is 1.92 bits per heavy atom. The van der Waals surface area contributed by atoms with E-state index in [-0.39, 0.29) is 5.54 Å². The van der Waals surface area contributed by atoms with E-state index in [0.29, 0.717) is 11.2 Å². The third-order valence-corrected chi connectivity index (χ3v) is 5.29. The topological polar surface area (TPSA) is 82.8 Å². The first-order valence-corrected chi connectivity index (χ1v) is 8.88. The van der Waals surface area contributed by atoms with Crippen LogP contribution in [0.4, 0.5) is 5.82 Å². The number of hydrogen-bond donors (Lipinski definition) is 2. The summed E-state index contributed by atoms with van der Waals surface area (Å²) in [5.74, 6) is 1.20. The van der Waals surface area contributed by atoms with Gasteiger partial charge in [-0.1, -0.05) is 24.8 Å². The van der Waals surface area contributed by atoms with Gasteiger partial charge < -0.3 is 11.5 Å². The molecular formula is C21H23N5. The number of pyridine rings is 1. The lowest BCUT2D eigenvalue weighted by molar-refractivity contribution is 0.253. The number of hydrogen-bond acceptors (Lipinski definition) is 4. The van der Waals surface area contributed by atoms with Crippen LogP contribution < -0.4 is 22.2 Å². The van der Waals surface area contributed by atoms with Gasteiger partial charge in [0, 0.05) is 17.4 Å². The van der Waals surface area contributed by atoms with Gasteiger partial charge in [-0.2, -0.15) is 0 Å². The Bertz CT molecular complexity index is 1060. The molecule has 2 aromatic heterocycles. The van der Waals surface area contributed by atoms with Gasteiger partial charge in [-0.25, -0.2) is 9.97 Å². The molecule has 5 heteroatoms. The summed E-state index contributed by atoms with van der Waals surface area (Å²) in [7, 11) is 0. The van der Waals surface area contributed by atoms with Crippen LogP contribution in [-0.4, -0.2) is 14.5 Å². The highest BCUT2D eigenvalue weighted by molar-refractivity contribution is 5.70. The van der Waals surface area contributed by atoms with Crippen molar-refractivity contribution in [1.82, 2.24) is 14.5 Å². The van der Waals surface area contributed by atoms with E-state index in [9.17, 15) is 0 Å². The molecular weight excluding hydrogens is 322 g/mol. The van der Waals surface area contributed by atoms with Crippen molar-refractivity contribution >= 4 is 18.5 Å². The van der Waals surface area contributed by atoms with Crippen molar-refractivity contribution in [3.05, 3.63) is 58.9 Å². The molecule has 1 saturated carbocycles. The summed E-state index contributed by atoms with van der Waals surface area (Å²) in [4.78, 5) is 8.86. The number of imidazole rings is 1. The molecule has 1 aliphatic rings. The van der Waals surface area contributed by atoms with Gasteiger partial charge in [0.2, 0.25) is 0 Å². The fraction of sp³-hybridized carbons (Fsp3) is 0.238. The Labute approximate surface area is 152 Å². The van der Waals surface area contributed by atoms with Crippen molar-refractivity contribution in [3.8, 4) is 17.1 Å². The Balaban J connectivity index is 1.89. The van der Waals surface area contributed by atoms with Crippen molar-refractivity contribution in [2.24, 2.45) is 5.73 Å². The minimum absolute atomic E-state index is 0.165. The van der Waals surface area contributed by atoms with Gasteiger partial charge >= 0.3 is 0 Å². The Morgan fingerprint density at radius 1 is 1.19 bits per heavy atom. The van der Waals surface area contributed by atoms with Gasteiger partial charge in [-0.15, -0.1) is 0 Å². The molecule has 3 aromatic rings. The first-order chi connectivity index (χ1) is 12.5. The SMILES string of the molecule is C=c1nc(-c2cccnc2N)n(-c2ccc(C3(N)CCC3)cc2)c1=CC. The number of anilines is 1. The zero-order chi connectivity index (χ0) is 18.3. The maximum Gasteiger partial charge on any atom is 0.149 e. The van der Waals surface area contributed by atoms with Crippen LogP contribution in [0.2, 0.25) is 0 Å². The van der Waals surface area contributed by atoms with Gasteiger partial charge in [0.05, 0.1) is 16.3 Å². The monoisotopic (exact) mass is 345 g/mol. The second kappa shape index (κ2) is 6.11. The molecule has 5 nitrogen and oxygen atoms in total. The maximum atomic E-state index is 6.45. The third kappa shape index (κ3) is 2.52. The molecule has 4 rings (SSSR count). The van der Waals surface area contributed by atoms with E-state index >= 15 is 0 Å².